The van der Waals surface area contributed by atoms with Gasteiger partial charge in [-0.3, -0.25) is 13.6 Å². The van der Waals surface area contributed by atoms with Gasteiger partial charge in [0.2, 0.25) is 5.91 Å². The van der Waals surface area contributed by atoms with Crippen molar-refractivity contribution >= 4 is 33.4 Å². The average Bonchev–Trinajstić information content (AvgIpc) is 2.88. The lowest BCUT2D eigenvalue weighted by Crippen LogP contribution is -2.14. The van der Waals surface area contributed by atoms with Crippen LogP contribution in [0.15, 0.2) is 48.5 Å². The Hall–Kier alpha value is -2.47. The largest absolute Gasteiger partial charge is 0.326 e. The van der Waals surface area contributed by atoms with E-state index in [4.69, 9.17) is 0 Å². The van der Waals surface area contributed by atoms with Gasteiger partial charge in [0.05, 0.1) is 11.0 Å². The van der Waals surface area contributed by atoms with Crippen molar-refractivity contribution in [2.45, 2.75) is 13.3 Å². The van der Waals surface area contributed by atoms with Crippen molar-refractivity contribution in [3.05, 3.63) is 54.4 Å². The number of nitrogens with one attached hydrogen (secondary N) is 1. The first-order chi connectivity index (χ1) is 11.5. The minimum atomic E-state index is -0.964. The number of para-hydroxylation sites is 1. The van der Waals surface area contributed by atoms with Crippen LogP contribution in [-0.2, 0) is 15.6 Å². The zero-order valence-corrected chi connectivity index (χ0v) is 14.5. The second kappa shape index (κ2) is 6.97. The maximum Gasteiger partial charge on any atom is 0.225 e. The van der Waals surface area contributed by atoms with Gasteiger partial charge in [-0.2, -0.15) is 0 Å². The molecule has 24 heavy (non-hydrogen) atoms. The van der Waals surface area contributed by atoms with Crippen molar-refractivity contribution in [2.24, 2.45) is 0 Å². The zero-order valence-electron chi connectivity index (χ0n) is 13.7. The maximum atomic E-state index is 11.9. The second-order valence-electron chi connectivity index (χ2n) is 5.61. The summed E-state index contributed by atoms with van der Waals surface area (Å²) >= 11 is 0. The predicted octanol–water partition coefficient (Wildman–Crippen LogP) is 3.04. The number of imidazole rings is 1. The lowest BCUT2D eigenvalue weighted by molar-refractivity contribution is -0.115. The summed E-state index contributed by atoms with van der Waals surface area (Å²) in [7, 11) is -0.964. The smallest absolute Gasteiger partial charge is 0.225 e. The number of carbonyl (C=O) groups excluding carboxylic acids is 1. The number of anilines is 1. The fourth-order valence-corrected chi connectivity index (χ4v) is 3.11. The number of fused-ring (bicyclic) bond motifs is 1. The molecule has 6 heteroatoms. The lowest BCUT2D eigenvalue weighted by atomic mass is 10.2. The Labute approximate surface area is 143 Å². The van der Waals surface area contributed by atoms with E-state index in [0.29, 0.717) is 11.4 Å². The number of carbonyl (C=O) groups is 1. The van der Waals surface area contributed by atoms with Crippen molar-refractivity contribution in [3.63, 3.8) is 0 Å². The van der Waals surface area contributed by atoms with Gasteiger partial charge < -0.3 is 5.32 Å². The van der Waals surface area contributed by atoms with Crippen LogP contribution < -0.4 is 5.32 Å². The molecule has 0 aliphatic carbocycles. The Morgan fingerprint density at radius 3 is 2.67 bits per heavy atom. The van der Waals surface area contributed by atoms with Gasteiger partial charge in [0.25, 0.3) is 0 Å². The van der Waals surface area contributed by atoms with Gasteiger partial charge in [-0.1, -0.05) is 18.2 Å². The number of amides is 1. The Kier molecular flexibility index (Phi) is 4.76. The van der Waals surface area contributed by atoms with Crippen LogP contribution in [0.3, 0.4) is 0 Å². The van der Waals surface area contributed by atoms with E-state index in [1.165, 1.54) is 0 Å². The number of nitrogens with zero attached hydrogens (tertiary/aromatic N) is 2. The summed E-state index contributed by atoms with van der Waals surface area (Å²) in [6, 6.07) is 15.7. The Morgan fingerprint density at radius 1 is 1.21 bits per heavy atom. The summed E-state index contributed by atoms with van der Waals surface area (Å²) in [5.74, 6) is 1.13. The first kappa shape index (κ1) is 16.4. The topological polar surface area (TPSA) is 64.0 Å². The third-order valence-electron chi connectivity index (χ3n) is 3.74. The summed E-state index contributed by atoms with van der Waals surface area (Å²) in [5, 5.41) is 2.84. The van der Waals surface area contributed by atoms with E-state index in [-0.39, 0.29) is 12.3 Å². The van der Waals surface area contributed by atoms with Gasteiger partial charge in [-0.25, -0.2) is 4.98 Å². The van der Waals surface area contributed by atoms with Gasteiger partial charge in [-0.15, -0.1) is 0 Å². The molecule has 0 spiro atoms. The highest BCUT2D eigenvalue weighted by Crippen LogP contribution is 2.24. The molecule has 3 aromatic rings. The van der Waals surface area contributed by atoms with Crippen molar-refractivity contribution in [1.82, 2.24) is 9.55 Å². The highest BCUT2D eigenvalue weighted by molar-refractivity contribution is 7.84. The predicted molar refractivity (Wildman–Crippen MR) is 98.0 cm³/mol. The normalized spacial score (nSPS) is 12.2. The molecule has 0 fully saturated rings. The number of hydrogen-bond donors (Lipinski definition) is 1. The van der Waals surface area contributed by atoms with Crippen molar-refractivity contribution in [1.29, 1.82) is 0 Å². The SMILES string of the molecule is Cc1nc2cc(NC(=O)CC[S@@](C)=O)ccc2n1-c1ccccc1. The van der Waals surface area contributed by atoms with Crippen LogP contribution in [0.4, 0.5) is 5.69 Å². The molecule has 1 amide bonds. The van der Waals surface area contributed by atoms with E-state index in [1.54, 1.807) is 6.26 Å². The monoisotopic (exact) mass is 341 g/mol. The van der Waals surface area contributed by atoms with Gasteiger partial charge >= 0.3 is 0 Å². The molecule has 124 valence electrons. The fraction of sp³-hybridized carbons (Fsp3) is 0.222. The van der Waals surface area contributed by atoms with E-state index in [1.807, 2.05) is 55.5 Å². The highest BCUT2D eigenvalue weighted by atomic mass is 32.2. The van der Waals surface area contributed by atoms with Crippen LogP contribution >= 0.6 is 0 Å². The quantitative estimate of drug-likeness (QED) is 0.776. The molecule has 5 nitrogen and oxygen atoms in total. The molecule has 3 rings (SSSR count). The number of rotatable bonds is 5. The van der Waals surface area contributed by atoms with Gasteiger partial charge in [0, 0.05) is 40.6 Å². The maximum absolute atomic E-state index is 11.9. The van der Waals surface area contributed by atoms with Gasteiger partial charge in [-0.05, 0) is 37.3 Å². The Balaban J connectivity index is 1.88. The number of aryl methyl sites for hydroxylation is 1. The summed E-state index contributed by atoms with van der Waals surface area (Å²) < 4.78 is 13.2. The third-order valence-corrected chi connectivity index (χ3v) is 4.52. The molecule has 0 unspecified atom stereocenters. The van der Waals surface area contributed by atoms with Gasteiger partial charge in [0.15, 0.2) is 0 Å². The molecule has 0 saturated carbocycles. The van der Waals surface area contributed by atoms with Crippen molar-refractivity contribution < 1.29 is 9.00 Å². The van der Waals surface area contributed by atoms with Crippen LogP contribution in [0, 0.1) is 6.92 Å². The average molecular weight is 341 g/mol. The fourth-order valence-electron chi connectivity index (χ4n) is 2.64. The molecular formula is C18H19N3O2S. The zero-order chi connectivity index (χ0) is 17.1. The Bertz CT molecular complexity index is 903. The molecule has 1 aromatic heterocycles. The second-order valence-corrected chi connectivity index (χ2v) is 7.16. The number of aromatic nitrogens is 2. The first-order valence-electron chi connectivity index (χ1n) is 7.69. The summed E-state index contributed by atoms with van der Waals surface area (Å²) in [6.07, 6.45) is 1.84. The van der Waals surface area contributed by atoms with Crippen LogP contribution in [0.1, 0.15) is 12.2 Å². The molecule has 0 radical (unpaired) electrons. The van der Waals surface area contributed by atoms with Crippen LogP contribution in [0.5, 0.6) is 0 Å². The summed E-state index contributed by atoms with van der Waals surface area (Å²) in [6.45, 7) is 1.96. The van der Waals surface area contributed by atoms with E-state index in [0.717, 1.165) is 22.5 Å². The lowest BCUT2D eigenvalue weighted by Gasteiger charge is -2.07. The molecule has 1 N–H and O–H groups in total. The van der Waals surface area contributed by atoms with E-state index < -0.39 is 10.8 Å². The third kappa shape index (κ3) is 3.54. The van der Waals surface area contributed by atoms with Gasteiger partial charge in [0.1, 0.15) is 5.82 Å². The molecule has 0 aliphatic heterocycles. The Morgan fingerprint density at radius 2 is 1.96 bits per heavy atom. The van der Waals surface area contributed by atoms with E-state index in [9.17, 15) is 9.00 Å². The molecule has 0 bridgehead atoms. The number of benzene rings is 2. The van der Waals surface area contributed by atoms with Crippen molar-refractivity contribution in [2.75, 3.05) is 17.3 Å². The molecule has 2 aromatic carbocycles. The van der Waals surface area contributed by atoms with E-state index >= 15 is 0 Å². The number of hydrogen-bond acceptors (Lipinski definition) is 3. The summed E-state index contributed by atoms with van der Waals surface area (Å²) in [5.41, 5.74) is 3.58. The standard InChI is InChI=1S/C18H19N3O2S/c1-13-19-16-12-14(20-18(22)10-11-24(2)23)8-9-17(16)21(13)15-6-4-3-5-7-15/h3-9,12H,10-11H2,1-2H3,(H,20,22)/t24-/m1/s1. The highest BCUT2D eigenvalue weighted by Gasteiger charge is 2.11. The van der Waals surface area contributed by atoms with Crippen LogP contribution in [-0.4, -0.2) is 31.7 Å². The first-order valence-corrected chi connectivity index (χ1v) is 9.42. The minimum absolute atomic E-state index is 0.135. The molecular weight excluding hydrogens is 322 g/mol. The summed E-state index contributed by atoms with van der Waals surface area (Å²) in [4.78, 5) is 16.5. The van der Waals surface area contributed by atoms with Crippen LogP contribution in [0.25, 0.3) is 16.7 Å². The molecule has 1 heterocycles. The van der Waals surface area contributed by atoms with Crippen molar-refractivity contribution in [3.8, 4) is 5.69 Å². The van der Waals surface area contributed by atoms with E-state index in [2.05, 4.69) is 14.9 Å². The van der Waals surface area contributed by atoms with Crippen LogP contribution in [0.2, 0.25) is 0 Å². The minimum Gasteiger partial charge on any atom is -0.326 e. The molecule has 0 saturated heterocycles. The molecule has 0 aliphatic rings. The molecule has 1 atom stereocenters.